The Labute approximate surface area is 188 Å². The molecule has 31 heavy (non-hydrogen) atoms. The van der Waals surface area contributed by atoms with Crippen molar-refractivity contribution < 1.29 is 0 Å². The number of rotatable bonds is 6. The van der Waals surface area contributed by atoms with Crippen LogP contribution in [0.2, 0.25) is 0 Å². The first-order valence-electron chi connectivity index (χ1n) is 10.9. The Morgan fingerprint density at radius 2 is 0.806 bits per heavy atom. The van der Waals surface area contributed by atoms with E-state index >= 15 is 0 Å². The molecule has 1 fully saturated rings. The molecule has 1 heterocycles. The van der Waals surface area contributed by atoms with E-state index in [1.165, 1.54) is 27.6 Å². The van der Waals surface area contributed by atoms with Crippen LogP contribution in [0.25, 0.3) is 0 Å². The van der Waals surface area contributed by atoms with Crippen molar-refractivity contribution in [2.24, 2.45) is 0 Å². The Bertz CT molecular complexity index is 915. The SMILES string of the molecule is c1ccc(P(c2ccccc2)C2(P(c3ccccc3)c3ccccc3)CCNC2)cc1. The molecule has 0 spiro atoms. The predicted octanol–water partition coefficient (Wildman–Crippen LogP) is 4.94. The minimum Gasteiger partial charge on any atom is -0.315 e. The van der Waals surface area contributed by atoms with Crippen molar-refractivity contribution >= 4 is 37.1 Å². The van der Waals surface area contributed by atoms with E-state index in [0.717, 1.165) is 13.1 Å². The molecule has 3 heteroatoms. The monoisotopic (exact) mass is 439 g/mol. The fraction of sp³-hybridized carbons (Fsp3) is 0.143. The molecule has 1 aliphatic rings. The average molecular weight is 439 g/mol. The van der Waals surface area contributed by atoms with Crippen LogP contribution in [0, 0.1) is 0 Å². The molecule has 0 bridgehead atoms. The summed E-state index contributed by atoms with van der Waals surface area (Å²) in [4.78, 5) is 0.163. The van der Waals surface area contributed by atoms with Gasteiger partial charge in [-0.25, -0.2) is 0 Å². The zero-order valence-corrected chi connectivity index (χ0v) is 19.4. The summed E-state index contributed by atoms with van der Waals surface area (Å²) >= 11 is 0. The minimum absolute atomic E-state index is 0.163. The van der Waals surface area contributed by atoms with Gasteiger partial charge in [-0.3, -0.25) is 0 Å². The lowest BCUT2D eigenvalue weighted by Crippen LogP contribution is -2.40. The largest absolute Gasteiger partial charge is 0.315 e. The van der Waals surface area contributed by atoms with Crippen LogP contribution in [0.4, 0.5) is 0 Å². The van der Waals surface area contributed by atoms with E-state index in [9.17, 15) is 0 Å². The quantitative estimate of drug-likeness (QED) is 0.420. The molecular formula is C28H27NP2. The second-order valence-electron chi connectivity index (χ2n) is 7.92. The Balaban J connectivity index is 1.76. The molecular weight excluding hydrogens is 412 g/mol. The number of benzene rings is 4. The first-order valence-corrected chi connectivity index (χ1v) is 13.6. The summed E-state index contributed by atoms with van der Waals surface area (Å²) in [6.45, 7) is 2.13. The highest BCUT2D eigenvalue weighted by atomic mass is 31.2. The van der Waals surface area contributed by atoms with Gasteiger partial charge in [0.1, 0.15) is 0 Å². The van der Waals surface area contributed by atoms with E-state index < -0.39 is 15.8 Å². The molecule has 0 radical (unpaired) electrons. The highest BCUT2D eigenvalue weighted by molar-refractivity contribution is 7.91. The van der Waals surface area contributed by atoms with Crippen molar-refractivity contribution in [2.75, 3.05) is 13.1 Å². The summed E-state index contributed by atoms with van der Waals surface area (Å²) in [5, 5.41) is 9.70. The molecule has 0 aliphatic carbocycles. The topological polar surface area (TPSA) is 12.0 Å². The lowest BCUT2D eigenvalue weighted by molar-refractivity contribution is 0.846. The van der Waals surface area contributed by atoms with Crippen molar-refractivity contribution in [3.05, 3.63) is 121 Å². The van der Waals surface area contributed by atoms with E-state index in [4.69, 9.17) is 0 Å². The smallest absolute Gasteiger partial charge is 0.0403 e. The van der Waals surface area contributed by atoms with Gasteiger partial charge in [0.25, 0.3) is 0 Å². The van der Waals surface area contributed by atoms with Crippen LogP contribution in [0.15, 0.2) is 121 Å². The Morgan fingerprint density at radius 1 is 0.484 bits per heavy atom. The molecule has 1 aliphatic heterocycles. The molecule has 1 N–H and O–H groups in total. The third-order valence-corrected chi connectivity index (χ3v) is 12.9. The molecule has 0 amide bonds. The van der Waals surface area contributed by atoms with Crippen LogP contribution in [-0.4, -0.2) is 18.0 Å². The van der Waals surface area contributed by atoms with Gasteiger partial charge < -0.3 is 5.32 Å². The van der Waals surface area contributed by atoms with Gasteiger partial charge in [0.15, 0.2) is 0 Å². The summed E-state index contributed by atoms with van der Waals surface area (Å²) in [6.07, 6.45) is 1.19. The van der Waals surface area contributed by atoms with Crippen LogP contribution in [0.3, 0.4) is 0 Å². The van der Waals surface area contributed by atoms with Crippen LogP contribution in [0.1, 0.15) is 6.42 Å². The molecule has 4 aromatic rings. The highest BCUT2D eigenvalue weighted by Gasteiger charge is 2.49. The van der Waals surface area contributed by atoms with E-state index in [2.05, 4.69) is 127 Å². The predicted molar refractivity (Wildman–Crippen MR) is 138 cm³/mol. The van der Waals surface area contributed by atoms with E-state index in [-0.39, 0.29) is 4.90 Å². The molecule has 154 valence electrons. The van der Waals surface area contributed by atoms with Gasteiger partial charge in [0.05, 0.1) is 0 Å². The average Bonchev–Trinajstić information content (AvgIpc) is 3.32. The van der Waals surface area contributed by atoms with Gasteiger partial charge in [0, 0.05) is 11.4 Å². The van der Waals surface area contributed by atoms with Crippen molar-refractivity contribution in [2.45, 2.75) is 11.3 Å². The van der Waals surface area contributed by atoms with Crippen LogP contribution >= 0.6 is 15.8 Å². The van der Waals surface area contributed by atoms with E-state index in [0.29, 0.717) is 0 Å². The standard InChI is InChI=1S/C28H27NP2/c1-5-13-24(14-6-1)30(25-15-7-2-8-16-25)28(21-22-29-23-28)31(26-17-9-3-10-18-26)27-19-11-4-12-20-27/h1-20,29H,21-23H2. The van der Waals surface area contributed by atoms with Crippen molar-refractivity contribution in [1.82, 2.24) is 5.32 Å². The number of hydrogen-bond donors (Lipinski definition) is 1. The number of hydrogen-bond acceptors (Lipinski definition) is 1. The molecule has 5 rings (SSSR count). The fourth-order valence-corrected chi connectivity index (χ4v) is 12.5. The highest BCUT2D eigenvalue weighted by Crippen LogP contribution is 2.67. The minimum atomic E-state index is -0.557. The molecule has 0 unspecified atom stereocenters. The maximum Gasteiger partial charge on any atom is 0.0403 e. The van der Waals surface area contributed by atoms with Gasteiger partial charge in [-0.1, -0.05) is 121 Å². The lowest BCUT2D eigenvalue weighted by atomic mass is 10.3. The third-order valence-electron chi connectivity index (χ3n) is 6.00. The maximum absolute atomic E-state index is 3.79. The van der Waals surface area contributed by atoms with E-state index in [1.807, 2.05) is 0 Å². The first kappa shape index (κ1) is 20.6. The summed E-state index contributed by atoms with van der Waals surface area (Å²) < 4.78 is 0. The van der Waals surface area contributed by atoms with Gasteiger partial charge in [-0.2, -0.15) is 0 Å². The van der Waals surface area contributed by atoms with Crippen molar-refractivity contribution in [1.29, 1.82) is 0 Å². The summed E-state index contributed by atoms with van der Waals surface area (Å²) in [6, 6.07) is 45.0. The Morgan fingerprint density at radius 3 is 1.06 bits per heavy atom. The van der Waals surface area contributed by atoms with Gasteiger partial charge in [-0.05, 0) is 50.0 Å². The summed E-state index contributed by atoms with van der Waals surface area (Å²) in [5.74, 6) is 0. The Kier molecular flexibility index (Phi) is 6.28. The summed E-state index contributed by atoms with van der Waals surface area (Å²) in [5.41, 5.74) is 0. The van der Waals surface area contributed by atoms with Gasteiger partial charge >= 0.3 is 0 Å². The maximum atomic E-state index is 3.79. The van der Waals surface area contributed by atoms with Crippen molar-refractivity contribution in [3.63, 3.8) is 0 Å². The molecule has 0 atom stereocenters. The number of nitrogens with one attached hydrogen (secondary N) is 1. The zero-order valence-electron chi connectivity index (χ0n) is 17.6. The lowest BCUT2D eigenvalue weighted by Gasteiger charge is -2.45. The van der Waals surface area contributed by atoms with Crippen LogP contribution < -0.4 is 26.5 Å². The molecule has 0 aromatic heterocycles. The molecule has 0 saturated carbocycles. The third kappa shape index (κ3) is 4.11. The van der Waals surface area contributed by atoms with Crippen LogP contribution in [-0.2, 0) is 0 Å². The van der Waals surface area contributed by atoms with Gasteiger partial charge in [-0.15, -0.1) is 0 Å². The first-order chi connectivity index (χ1) is 15.4. The summed E-state index contributed by atoms with van der Waals surface area (Å²) in [7, 11) is -1.11. The molecule has 1 nitrogen and oxygen atoms in total. The zero-order chi connectivity index (χ0) is 20.9. The van der Waals surface area contributed by atoms with Crippen molar-refractivity contribution in [3.8, 4) is 0 Å². The second-order valence-corrected chi connectivity index (χ2v) is 13.4. The van der Waals surface area contributed by atoms with E-state index in [1.54, 1.807) is 0 Å². The van der Waals surface area contributed by atoms with Gasteiger partial charge in [0.2, 0.25) is 0 Å². The normalized spacial score (nSPS) is 15.4. The molecule has 4 aromatic carbocycles. The second kappa shape index (κ2) is 9.46. The van der Waals surface area contributed by atoms with Crippen LogP contribution in [0.5, 0.6) is 0 Å². The molecule has 1 saturated heterocycles. The Hall–Kier alpha value is -2.30. The fourth-order valence-electron chi connectivity index (χ4n) is 4.71.